The van der Waals surface area contributed by atoms with E-state index in [0.717, 1.165) is 11.8 Å². The van der Waals surface area contributed by atoms with Gasteiger partial charge < -0.3 is 0 Å². The normalized spacial score (nSPS) is 34.6. The second-order valence-electron chi connectivity index (χ2n) is 6.14. The summed E-state index contributed by atoms with van der Waals surface area (Å²) in [5.74, 6) is 2.20. The third-order valence-corrected chi connectivity index (χ3v) is 5.95. The molecule has 0 nitrogen and oxygen atoms in total. The predicted molar refractivity (Wildman–Crippen MR) is 76.4 cm³/mol. The molecule has 1 aromatic carbocycles. The molecule has 3 rings (SSSR count). The lowest BCUT2D eigenvalue weighted by molar-refractivity contribution is 0.278. The summed E-state index contributed by atoms with van der Waals surface area (Å²) in [7, 11) is 0. The van der Waals surface area contributed by atoms with Crippen LogP contribution in [0.2, 0.25) is 0 Å². The molecule has 2 aliphatic carbocycles. The first-order valence-electron chi connectivity index (χ1n) is 6.91. The summed E-state index contributed by atoms with van der Waals surface area (Å²) in [6, 6.07) is 10.9. The number of fused-ring (bicyclic) bond motifs is 1. The van der Waals surface area contributed by atoms with E-state index in [9.17, 15) is 0 Å². The Labute approximate surface area is 113 Å². The van der Waals surface area contributed by atoms with Gasteiger partial charge in [0, 0.05) is 5.33 Å². The summed E-state index contributed by atoms with van der Waals surface area (Å²) >= 11 is 3.77. The molecule has 0 N–H and O–H groups in total. The van der Waals surface area contributed by atoms with Crippen molar-refractivity contribution < 1.29 is 0 Å². The number of alkyl halides is 1. The zero-order valence-electron chi connectivity index (χ0n) is 10.4. The van der Waals surface area contributed by atoms with Crippen LogP contribution in [0.1, 0.15) is 37.7 Å². The van der Waals surface area contributed by atoms with Gasteiger partial charge in [0.2, 0.25) is 0 Å². The third kappa shape index (κ3) is 2.59. The van der Waals surface area contributed by atoms with Crippen LogP contribution < -0.4 is 0 Å². The molecule has 0 bridgehead atoms. The Balaban J connectivity index is 1.50. The molecule has 2 fully saturated rings. The van der Waals surface area contributed by atoms with E-state index < -0.39 is 0 Å². The summed E-state index contributed by atoms with van der Waals surface area (Å²) < 4.78 is 0. The highest BCUT2D eigenvalue weighted by molar-refractivity contribution is 9.09. The maximum atomic E-state index is 3.77. The van der Waals surface area contributed by atoms with Crippen molar-refractivity contribution >= 4 is 15.9 Å². The largest absolute Gasteiger partial charge is 0.0922 e. The van der Waals surface area contributed by atoms with Crippen LogP contribution in [0.25, 0.3) is 0 Å². The Morgan fingerprint density at radius 2 is 1.82 bits per heavy atom. The number of hydrogen-bond acceptors (Lipinski definition) is 0. The third-order valence-electron chi connectivity index (χ3n) is 4.76. The van der Waals surface area contributed by atoms with E-state index in [0.29, 0.717) is 5.41 Å². The standard InChI is InChI=1S/C16H21Br/c17-12-16(10-14-9-15(14)11-16)8-4-7-13-5-2-1-3-6-13/h1-3,5-6,14-15H,4,7-12H2. The SMILES string of the molecule is BrCC1(CCCc2ccccc2)CC2CC2C1. The Kier molecular flexibility index (Phi) is 3.30. The highest BCUT2D eigenvalue weighted by atomic mass is 79.9. The molecule has 92 valence electrons. The molecule has 0 heterocycles. The molecule has 2 atom stereocenters. The second-order valence-corrected chi connectivity index (χ2v) is 6.70. The number of rotatable bonds is 5. The van der Waals surface area contributed by atoms with E-state index in [-0.39, 0.29) is 0 Å². The van der Waals surface area contributed by atoms with E-state index in [2.05, 4.69) is 46.3 Å². The minimum absolute atomic E-state index is 0.655. The zero-order chi connectivity index (χ0) is 11.7. The first kappa shape index (κ1) is 11.8. The quantitative estimate of drug-likeness (QED) is 0.683. The highest BCUT2D eigenvalue weighted by Crippen LogP contribution is 2.61. The maximum Gasteiger partial charge on any atom is 0.00881 e. The molecule has 0 aromatic heterocycles. The lowest BCUT2D eigenvalue weighted by Crippen LogP contribution is -2.20. The molecule has 0 saturated heterocycles. The number of hydrogen-bond donors (Lipinski definition) is 0. The minimum Gasteiger partial charge on any atom is -0.0922 e. The van der Waals surface area contributed by atoms with Gasteiger partial charge in [-0.15, -0.1) is 0 Å². The van der Waals surface area contributed by atoms with E-state index in [4.69, 9.17) is 0 Å². The van der Waals surface area contributed by atoms with Gasteiger partial charge in [0.05, 0.1) is 0 Å². The van der Waals surface area contributed by atoms with Gasteiger partial charge in [-0.3, -0.25) is 0 Å². The van der Waals surface area contributed by atoms with Gasteiger partial charge in [0.25, 0.3) is 0 Å². The molecule has 2 aliphatic rings. The van der Waals surface area contributed by atoms with Crippen molar-refractivity contribution in [3.63, 3.8) is 0 Å². The highest BCUT2D eigenvalue weighted by Gasteiger charge is 2.52. The average molecular weight is 293 g/mol. The Hall–Kier alpha value is -0.300. The summed E-state index contributed by atoms with van der Waals surface area (Å²) in [5, 5.41) is 1.22. The molecule has 0 radical (unpaired) electrons. The fraction of sp³-hybridized carbons (Fsp3) is 0.625. The Morgan fingerprint density at radius 1 is 1.12 bits per heavy atom. The first-order chi connectivity index (χ1) is 8.31. The van der Waals surface area contributed by atoms with Crippen molar-refractivity contribution in [1.29, 1.82) is 0 Å². The van der Waals surface area contributed by atoms with Gasteiger partial charge in [-0.25, -0.2) is 0 Å². The molecule has 0 amide bonds. The predicted octanol–water partition coefficient (Wildman–Crippen LogP) is 4.82. The lowest BCUT2D eigenvalue weighted by atomic mass is 9.80. The fourth-order valence-corrected chi connectivity index (χ4v) is 4.44. The van der Waals surface area contributed by atoms with E-state index in [1.165, 1.54) is 49.4 Å². The van der Waals surface area contributed by atoms with Crippen molar-refractivity contribution in [2.75, 3.05) is 5.33 Å². The van der Waals surface area contributed by atoms with Crippen LogP contribution in [-0.2, 0) is 6.42 Å². The van der Waals surface area contributed by atoms with Crippen molar-refractivity contribution in [2.45, 2.75) is 38.5 Å². The van der Waals surface area contributed by atoms with Crippen molar-refractivity contribution in [2.24, 2.45) is 17.3 Å². The fourth-order valence-electron chi connectivity index (χ4n) is 3.70. The van der Waals surface area contributed by atoms with E-state index in [1.54, 1.807) is 0 Å². The Morgan fingerprint density at radius 3 is 2.47 bits per heavy atom. The van der Waals surface area contributed by atoms with Crippen LogP contribution in [0, 0.1) is 17.3 Å². The Bertz CT molecular complexity index is 360. The summed E-state index contributed by atoms with van der Waals surface area (Å²) in [4.78, 5) is 0. The molecule has 0 aliphatic heterocycles. The van der Waals surface area contributed by atoms with Crippen LogP contribution in [-0.4, -0.2) is 5.33 Å². The molecule has 2 unspecified atom stereocenters. The maximum absolute atomic E-state index is 3.77. The number of benzene rings is 1. The van der Waals surface area contributed by atoms with Crippen LogP contribution in [0.3, 0.4) is 0 Å². The van der Waals surface area contributed by atoms with Gasteiger partial charge >= 0.3 is 0 Å². The van der Waals surface area contributed by atoms with E-state index in [1.807, 2.05) is 0 Å². The van der Waals surface area contributed by atoms with Crippen molar-refractivity contribution in [1.82, 2.24) is 0 Å². The van der Waals surface area contributed by atoms with Crippen molar-refractivity contribution in [3.8, 4) is 0 Å². The smallest absolute Gasteiger partial charge is 0.00881 e. The second kappa shape index (κ2) is 4.76. The summed E-state index contributed by atoms with van der Waals surface area (Å²) in [5.41, 5.74) is 2.16. The molecular weight excluding hydrogens is 272 g/mol. The first-order valence-corrected chi connectivity index (χ1v) is 8.03. The zero-order valence-corrected chi connectivity index (χ0v) is 12.0. The van der Waals surface area contributed by atoms with Gasteiger partial charge in [-0.05, 0) is 61.3 Å². The molecule has 2 saturated carbocycles. The van der Waals surface area contributed by atoms with Gasteiger partial charge in [-0.1, -0.05) is 46.3 Å². The molecule has 1 aromatic rings. The number of aryl methyl sites for hydroxylation is 1. The van der Waals surface area contributed by atoms with Gasteiger partial charge in [-0.2, -0.15) is 0 Å². The lowest BCUT2D eigenvalue weighted by Gasteiger charge is -2.28. The summed E-state index contributed by atoms with van der Waals surface area (Å²) in [6.07, 6.45) is 8.56. The van der Waals surface area contributed by atoms with E-state index >= 15 is 0 Å². The summed E-state index contributed by atoms with van der Waals surface area (Å²) in [6.45, 7) is 0. The van der Waals surface area contributed by atoms with Crippen molar-refractivity contribution in [3.05, 3.63) is 35.9 Å². The topological polar surface area (TPSA) is 0 Å². The molecule has 17 heavy (non-hydrogen) atoms. The number of halogens is 1. The average Bonchev–Trinajstić information content (AvgIpc) is 2.99. The molecular formula is C16H21Br. The van der Waals surface area contributed by atoms with Gasteiger partial charge in [0.1, 0.15) is 0 Å². The van der Waals surface area contributed by atoms with Crippen LogP contribution in [0.4, 0.5) is 0 Å². The van der Waals surface area contributed by atoms with Gasteiger partial charge in [0.15, 0.2) is 0 Å². The molecule has 1 heteroatoms. The van der Waals surface area contributed by atoms with Crippen LogP contribution in [0.5, 0.6) is 0 Å². The van der Waals surface area contributed by atoms with Crippen LogP contribution in [0.15, 0.2) is 30.3 Å². The van der Waals surface area contributed by atoms with Crippen LogP contribution >= 0.6 is 15.9 Å². The monoisotopic (exact) mass is 292 g/mol. The molecule has 0 spiro atoms. The minimum atomic E-state index is 0.655.